The highest BCUT2D eigenvalue weighted by Gasteiger charge is 2.28. The van der Waals surface area contributed by atoms with Gasteiger partial charge in [0.25, 0.3) is 0 Å². The van der Waals surface area contributed by atoms with Gasteiger partial charge in [-0.1, -0.05) is 48.0 Å². The van der Waals surface area contributed by atoms with E-state index < -0.39 is 6.01 Å². The van der Waals surface area contributed by atoms with Gasteiger partial charge in [-0.25, -0.2) is 0 Å². The molecule has 0 atom stereocenters. The number of pyridine rings is 1. The topological polar surface area (TPSA) is 125 Å². The highest BCUT2D eigenvalue weighted by Crippen LogP contribution is 2.43. The average molecular weight is 566 g/mol. The number of hydrogen-bond donors (Lipinski definition) is 4. The summed E-state index contributed by atoms with van der Waals surface area (Å²) in [5.41, 5.74) is 9.96. The third-order valence-electron chi connectivity index (χ3n) is 7.49. The van der Waals surface area contributed by atoms with Crippen molar-refractivity contribution >= 4 is 51.3 Å². The number of rotatable bonds is 6. The van der Waals surface area contributed by atoms with E-state index in [1.807, 2.05) is 106 Å². The molecule has 0 saturated carbocycles. The van der Waals surface area contributed by atoms with Crippen LogP contribution in [-0.2, 0) is 0 Å². The zero-order valence-corrected chi connectivity index (χ0v) is 23.7. The van der Waals surface area contributed by atoms with Crippen molar-refractivity contribution in [3.05, 3.63) is 113 Å². The Morgan fingerprint density at radius 3 is 2.09 bits per heavy atom. The van der Waals surface area contributed by atoms with Crippen molar-refractivity contribution in [2.45, 2.75) is 20.8 Å². The first-order valence-corrected chi connectivity index (χ1v) is 13.8. The number of nitrogens with one attached hydrogen (secondary N) is 3. The molecule has 0 spiro atoms. The fourth-order valence-electron chi connectivity index (χ4n) is 5.42. The number of carbonyl (C=O) groups excluding carboxylic acids is 1. The zero-order valence-electron chi connectivity index (χ0n) is 23.7. The van der Waals surface area contributed by atoms with E-state index in [1.54, 1.807) is 0 Å². The number of aromatic hydroxyl groups is 1. The highest BCUT2D eigenvalue weighted by atomic mass is 16.3. The third-order valence-corrected chi connectivity index (χ3v) is 7.49. The summed E-state index contributed by atoms with van der Waals surface area (Å²) < 4.78 is 0. The maximum Gasteiger partial charge on any atom is 0.320 e. The smallest absolute Gasteiger partial charge is 0.320 e. The Bertz CT molecular complexity index is 2070. The minimum atomic E-state index is -0.411. The van der Waals surface area contributed by atoms with Crippen molar-refractivity contribution in [2.75, 3.05) is 16.0 Å². The molecule has 7 rings (SSSR count). The lowest BCUT2D eigenvalue weighted by Crippen LogP contribution is -2.13. The summed E-state index contributed by atoms with van der Waals surface area (Å²) in [6.07, 6.45) is 0. The van der Waals surface area contributed by atoms with Crippen molar-refractivity contribution in [1.29, 1.82) is 0 Å². The maximum atomic E-state index is 13.9. The summed E-state index contributed by atoms with van der Waals surface area (Å²) in [5, 5.41) is 20.8. The van der Waals surface area contributed by atoms with Gasteiger partial charge >= 0.3 is 6.01 Å². The van der Waals surface area contributed by atoms with Crippen molar-refractivity contribution < 1.29 is 9.90 Å². The van der Waals surface area contributed by atoms with Crippen LogP contribution in [0.5, 0.6) is 6.01 Å². The first-order chi connectivity index (χ1) is 20.8. The number of ketones is 1. The molecular formula is C34H27N7O2. The summed E-state index contributed by atoms with van der Waals surface area (Å²) >= 11 is 0. The SMILES string of the molecule is Cc1ccc(Nc2nc(O)nc(Nc3ccc(C)c(Nc4ccc5nc(C)cc6c5c4C(=O)c4ccccc4-6)c3)n2)cc1. The number of aromatic nitrogens is 4. The monoisotopic (exact) mass is 565 g/mol. The number of hydrogen-bond acceptors (Lipinski definition) is 9. The van der Waals surface area contributed by atoms with Crippen LogP contribution in [0.15, 0.2) is 84.9 Å². The van der Waals surface area contributed by atoms with Crippen LogP contribution >= 0.6 is 0 Å². The van der Waals surface area contributed by atoms with Crippen molar-refractivity contribution in [1.82, 2.24) is 19.9 Å². The molecule has 4 N–H and O–H groups in total. The van der Waals surface area contributed by atoms with E-state index in [1.165, 1.54) is 0 Å². The van der Waals surface area contributed by atoms with Crippen LogP contribution in [0.3, 0.4) is 0 Å². The first kappa shape index (κ1) is 26.1. The molecule has 0 radical (unpaired) electrons. The van der Waals surface area contributed by atoms with E-state index >= 15 is 0 Å². The Balaban J connectivity index is 1.23. The fraction of sp³-hybridized carbons (Fsp3) is 0.0882. The fourth-order valence-corrected chi connectivity index (χ4v) is 5.42. The lowest BCUT2D eigenvalue weighted by atomic mass is 9.83. The van der Waals surface area contributed by atoms with E-state index in [2.05, 4.69) is 30.9 Å². The maximum absolute atomic E-state index is 13.9. The number of benzene rings is 4. The van der Waals surface area contributed by atoms with Crippen LogP contribution in [0.2, 0.25) is 0 Å². The summed E-state index contributed by atoms with van der Waals surface area (Å²) in [6, 6.07) is 26.7. The van der Waals surface area contributed by atoms with Gasteiger partial charge < -0.3 is 21.1 Å². The molecule has 0 bridgehead atoms. The van der Waals surface area contributed by atoms with Crippen molar-refractivity contribution in [2.24, 2.45) is 0 Å². The second-order valence-electron chi connectivity index (χ2n) is 10.6. The summed E-state index contributed by atoms with van der Waals surface area (Å²) in [6.45, 7) is 5.97. The summed E-state index contributed by atoms with van der Waals surface area (Å²) in [7, 11) is 0. The first-order valence-electron chi connectivity index (χ1n) is 13.8. The van der Waals surface area contributed by atoms with Gasteiger partial charge in [0.1, 0.15) is 0 Å². The van der Waals surface area contributed by atoms with Gasteiger partial charge in [-0.3, -0.25) is 9.78 Å². The third kappa shape index (κ3) is 4.87. The van der Waals surface area contributed by atoms with E-state index in [9.17, 15) is 9.90 Å². The van der Waals surface area contributed by atoms with Crippen LogP contribution in [-0.4, -0.2) is 30.8 Å². The standard InChI is InChI=1S/C34H27N7O2/c1-18-8-11-21(12-9-18)36-32-39-33(41-34(43)40-32)37-22-13-10-19(2)28(17-22)38-27-15-14-26-29-25(16-20(3)35-26)23-6-4-5-7-24(23)31(42)30(27)29/h4-17,38H,1-3H3,(H3,36,37,39,40,41,43). The van der Waals surface area contributed by atoms with Gasteiger partial charge in [0, 0.05) is 33.7 Å². The minimum absolute atomic E-state index is 0.0388. The van der Waals surface area contributed by atoms with Gasteiger partial charge in [-0.05, 0) is 79.9 Å². The largest absolute Gasteiger partial charge is 0.479 e. The Labute approximate surface area is 247 Å². The number of aryl methyl sites for hydroxylation is 3. The minimum Gasteiger partial charge on any atom is -0.479 e. The Hall–Kier alpha value is -5.83. The predicted octanol–water partition coefficient (Wildman–Crippen LogP) is 7.49. The Kier molecular flexibility index (Phi) is 6.20. The van der Waals surface area contributed by atoms with Crippen LogP contribution < -0.4 is 16.0 Å². The van der Waals surface area contributed by atoms with Crippen molar-refractivity contribution in [3.63, 3.8) is 0 Å². The molecule has 4 aromatic carbocycles. The lowest BCUT2D eigenvalue weighted by Gasteiger charge is -2.23. The van der Waals surface area contributed by atoms with E-state index in [0.29, 0.717) is 22.5 Å². The molecule has 210 valence electrons. The lowest BCUT2D eigenvalue weighted by molar-refractivity contribution is 0.104. The van der Waals surface area contributed by atoms with Gasteiger partial charge in [0.2, 0.25) is 11.9 Å². The average Bonchev–Trinajstić information content (AvgIpc) is 2.98. The molecule has 2 heterocycles. The molecule has 0 fully saturated rings. The second kappa shape index (κ2) is 10.2. The van der Waals surface area contributed by atoms with Crippen molar-refractivity contribution in [3.8, 4) is 17.1 Å². The normalized spacial score (nSPS) is 11.7. The molecule has 0 aliphatic heterocycles. The molecular weight excluding hydrogens is 538 g/mol. The number of nitrogens with zero attached hydrogens (tertiary/aromatic N) is 4. The van der Waals surface area contributed by atoms with E-state index in [4.69, 9.17) is 4.98 Å². The molecule has 6 aromatic rings. The van der Waals surface area contributed by atoms with Crippen LogP contribution in [0.25, 0.3) is 22.0 Å². The van der Waals surface area contributed by atoms with E-state index in [-0.39, 0.29) is 17.7 Å². The predicted molar refractivity (Wildman–Crippen MR) is 169 cm³/mol. The zero-order chi connectivity index (χ0) is 29.7. The van der Waals surface area contributed by atoms with Gasteiger partial charge in [-0.15, -0.1) is 0 Å². The van der Waals surface area contributed by atoms with Crippen LogP contribution in [0, 0.1) is 20.8 Å². The molecule has 9 heteroatoms. The number of anilines is 6. The summed E-state index contributed by atoms with van der Waals surface area (Å²) in [4.78, 5) is 31.1. The number of fused-ring (bicyclic) bond motifs is 2. The van der Waals surface area contributed by atoms with Crippen LogP contribution in [0.4, 0.5) is 34.6 Å². The second-order valence-corrected chi connectivity index (χ2v) is 10.6. The Morgan fingerprint density at radius 1 is 0.628 bits per heavy atom. The molecule has 2 aromatic heterocycles. The summed E-state index contributed by atoms with van der Waals surface area (Å²) in [5.74, 6) is 0.344. The van der Waals surface area contributed by atoms with Gasteiger partial charge in [0.15, 0.2) is 5.78 Å². The molecule has 0 unspecified atom stereocenters. The van der Waals surface area contributed by atoms with E-state index in [0.717, 1.165) is 50.2 Å². The van der Waals surface area contributed by atoms with Crippen LogP contribution in [0.1, 0.15) is 32.7 Å². The molecule has 1 aliphatic rings. The number of carbonyl (C=O) groups is 1. The van der Waals surface area contributed by atoms with Gasteiger partial charge in [0.05, 0.1) is 16.8 Å². The molecule has 0 saturated heterocycles. The van der Waals surface area contributed by atoms with Gasteiger partial charge in [-0.2, -0.15) is 15.0 Å². The molecule has 1 aliphatic carbocycles. The highest BCUT2D eigenvalue weighted by molar-refractivity contribution is 6.28. The molecule has 43 heavy (non-hydrogen) atoms. The Morgan fingerprint density at radius 2 is 1.33 bits per heavy atom. The quantitative estimate of drug-likeness (QED) is 0.162. The molecule has 9 nitrogen and oxygen atoms in total. The molecule has 0 amide bonds.